The van der Waals surface area contributed by atoms with Crippen molar-refractivity contribution in [2.24, 2.45) is 0 Å². The van der Waals surface area contributed by atoms with E-state index < -0.39 is 0 Å². The summed E-state index contributed by atoms with van der Waals surface area (Å²) >= 11 is 9.97. The minimum atomic E-state index is -0.271. The first-order chi connectivity index (χ1) is 16.5. The van der Waals surface area contributed by atoms with Gasteiger partial charge in [-0.1, -0.05) is 60.1 Å². The van der Waals surface area contributed by atoms with Gasteiger partial charge < -0.3 is 14.5 Å². The lowest BCUT2D eigenvalue weighted by Crippen LogP contribution is -2.49. The van der Waals surface area contributed by atoms with Gasteiger partial charge in [0.15, 0.2) is 5.75 Å². The highest BCUT2D eigenvalue weighted by atomic mass is 79.9. The van der Waals surface area contributed by atoms with Gasteiger partial charge in [-0.2, -0.15) is 5.26 Å². The second-order valence-corrected chi connectivity index (χ2v) is 9.13. The van der Waals surface area contributed by atoms with Crippen LogP contribution in [-0.4, -0.2) is 37.0 Å². The van der Waals surface area contributed by atoms with Gasteiger partial charge in [-0.05, 0) is 57.4 Å². The number of anilines is 1. The molecule has 34 heavy (non-hydrogen) atoms. The smallest absolute Gasteiger partial charge is 0.264 e. The van der Waals surface area contributed by atoms with Gasteiger partial charge in [0.2, 0.25) is 0 Å². The number of hydrogen-bond acceptors (Lipinski definition) is 4. The van der Waals surface area contributed by atoms with Crippen molar-refractivity contribution in [2.45, 2.75) is 6.61 Å². The molecule has 0 atom stereocenters. The van der Waals surface area contributed by atoms with E-state index in [1.54, 1.807) is 23.1 Å². The third kappa shape index (κ3) is 5.80. The molecule has 0 bridgehead atoms. The standard InChI is InChI=1S/C27H23BrClN3O2/c28-24-16-21(17-25(29)26(24)34-19-20-7-3-1-4-8-20)15-22(18-30)27(33)32-13-11-31(12-14-32)23-9-5-2-6-10-23/h1-10,15-17H,11-14,19H2/b22-15-. The van der Waals surface area contributed by atoms with E-state index in [1.807, 2.05) is 48.5 Å². The molecule has 1 aliphatic rings. The van der Waals surface area contributed by atoms with Crippen LogP contribution in [-0.2, 0) is 11.4 Å². The van der Waals surface area contributed by atoms with Crippen molar-refractivity contribution < 1.29 is 9.53 Å². The largest absolute Gasteiger partial charge is 0.486 e. The Bertz CT molecular complexity index is 1190. The van der Waals surface area contributed by atoms with Gasteiger partial charge in [-0.15, -0.1) is 0 Å². The minimum Gasteiger partial charge on any atom is -0.486 e. The normalized spacial score (nSPS) is 14.0. The molecule has 0 aliphatic carbocycles. The van der Waals surface area contributed by atoms with Crippen LogP contribution in [0.1, 0.15) is 11.1 Å². The van der Waals surface area contributed by atoms with Crippen LogP contribution in [0.2, 0.25) is 5.02 Å². The number of carbonyl (C=O) groups is 1. The summed E-state index contributed by atoms with van der Waals surface area (Å²) in [6.45, 7) is 2.94. The van der Waals surface area contributed by atoms with E-state index in [0.717, 1.165) is 24.3 Å². The van der Waals surface area contributed by atoms with E-state index in [9.17, 15) is 10.1 Å². The van der Waals surface area contributed by atoms with Crippen molar-refractivity contribution in [3.05, 3.63) is 99.0 Å². The van der Waals surface area contributed by atoms with Gasteiger partial charge in [-0.25, -0.2) is 0 Å². The highest BCUT2D eigenvalue weighted by Crippen LogP contribution is 2.35. The molecule has 0 spiro atoms. The molecule has 1 amide bonds. The Labute approximate surface area is 212 Å². The van der Waals surface area contributed by atoms with Crippen LogP contribution >= 0.6 is 27.5 Å². The molecule has 3 aromatic carbocycles. The molecule has 0 radical (unpaired) electrons. The maximum atomic E-state index is 13.0. The number of ether oxygens (including phenoxy) is 1. The highest BCUT2D eigenvalue weighted by molar-refractivity contribution is 9.10. The second-order valence-electron chi connectivity index (χ2n) is 7.87. The molecule has 1 saturated heterocycles. The predicted molar refractivity (Wildman–Crippen MR) is 139 cm³/mol. The Morgan fingerprint density at radius 3 is 2.29 bits per heavy atom. The molecule has 0 N–H and O–H groups in total. The van der Waals surface area contributed by atoms with Crippen LogP contribution in [0.5, 0.6) is 5.75 Å². The van der Waals surface area contributed by atoms with Crippen molar-refractivity contribution in [1.82, 2.24) is 4.90 Å². The fraction of sp³-hybridized carbons (Fsp3) is 0.185. The highest BCUT2D eigenvalue weighted by Gasteiger charge is 2.24. The van der Waals surface area contributed by atoms with Crippen LogP contribution in [0.15, 0.2) is 82.8 Å². The number of carbonyl (C=O) groups excluding carboxylic acids is 1. The molecule has 4 rings (SSSR count). The Hall–Kier alpha value is -3.27. The fourth-order valence-corrected chi connectivity index (χ4v) is 4.80. The summed E-state index contributed by atoms with van der Waals surface area (Å²) in [5.41, 5.74) is 2.89. The van der Waals surface area contributed by atoms with Crippen LogP contribution in [0.3, 0.4) is 0 Å². The van der Waals surface area contributed by atoms with Gasteiger partial charge in [-0.3, -0.25) is 4.79 Å². The van der Waals surface area contributed by atoms with E-state index >= 15 is 0 Å². The van der Waals surface area contributed by atoms with Crippen molar-refractivity contribution >= 4 is 45.2 Å². The number of rotatable bonds is 6. The molecule has 172 valence electrons. The summed E-state index contributed by atoms with van der Waals surface area (Å²) in [6, 6.07) is 25.5. The molecule has 1 fully saturated rings. The Kier molecular flexibility index (Phi) is 7.89. The molecular formula is C27H23BrClN3O2. The van der Waals surface area contributed by atoms with Gasteiger partial charge in [0.05, 0.1) is 9.50 Å². The lowest BCUT2D eigenvalue weighted by Gasteiger charge is -2.36. The molecule has 7 heteroatoms. The van der Waals surface area contributed by atoms with E-state index in [2.05, 4.69) is 39.0 Å². The van der Waals surface area contributed by atoms with E-state index in [0.29, 0.717) is 40.5 Å². The summed E-state index contributed by atoms with van der Waals surface area (Å²) in [7, 11) is 0. The Morgan fingerprint density at radius 2 is 1.68 bits per heavy atom. The number of amides is 1. The zero-order chi connectivity index (χ0) is 23.9. The molecule has 0 aromatic heterocycles. The average molecular weight is 537 g/mol. The zero-order valence-electron chi connectivity index (χ0n) is 18.5. The molecule has 1 heterocycles. The lowest BCUT2D eigenvalue weighted by atomic mass is 10.1. The lowest BCUT2D eigenvalue weighted by molar-refractivity contribution is -0.126. The first-order valence-electron chi connectivity index (χ1n) is 10.9. The molecule has 0 saturated carbocycles. The first kappa shape index (κ1) is 23.9. The average Bonchev–Trinajstić information content (AvgIpc) is 2.87. The van der Waals surface area contributed by atoms with Gasteiger partial charge in [0, 0.05) is 31.9 Å². The number of nitrogens with zero attached hydrogens (tertiary/aromatic N) is 3. The number of halogens is 2. The summed E-state index contributed by atoms with van der Waals surface area (Å²) in [5.74, 6) is 0.247. The van der Waals surface area contributed by atoms with Crippen LogP contribution in [0.4, 0.5) is 5.69 Å². The maximum Gasteiger partial charge on any atom is 0.264 e. The fourth-order valence-electron chi connectivity index (χ4n) is 3.82. The van der Waals surface area contributed by atoms with Crippen molar-refractivity contribution in [1.29, 1.82) is 5.26 Å². The predicted octanol–water partition coefficient (Wildman–Crippen LogP) is 5.94. The number of piperazine rings is 1. The maximum absolute atomic E-state index is 13.0. The van der Waals surface area contributed by atoms with Gasteiger partial charge in [0.1, 0.15) is 18.2 Å². The van der Waals surface area contributed by atoms with Crippen molar-refractivity contribution in [2.75, 3.05) is 31.1 Å². The third-order valence-electron chi connectivity index (χ3n) is 5.60. The van der Waals surface area contributed by atoms with E-state index in [4.69, 9.17) is 16.3 Å². The van der Waals surface area contributed by atoms with E-state index in [-0.39, 0.29) is 11.5 Å². The van der Waals surface area contributed by atoms with Crippen LogP contribution in [0.25, 0.3) is 6.08 Å². The number of nitriles is 1. The summed E-state index contributed by atoms with van der Waals surface area (Å²) < 4.78 is 6.54. The van der Waals surface area contributed by atoms with Crippen LogP contribution < -0.4 is 9.64 Å². The molecule has 0 unspecified atom stereocenters. The van der Waals surface area contributed by atoms with Crippen molar-refractivity contribution in [3.8, 4) is 11.8 Å². The summed E-state index contributed by atoms with van der Waals surface area (Å²) in [4.78, 5) is 17.0. The van der Waals surface area contributed by atoms with Crippen LogP contribution in [0, 0.1) is 11.3 Å². The Morgan fingerprint density at radius 1 is 1.03 bits per heavy atom. The number of benzene rings is 3. The van der Waals surface area contributed by atoms with E-state index in [1.165, 1.54) is 0 Å². The molecule has 3 aromatic rings. The SMILES string of the molecule is N#C/C(=C/c1cc(Cl)c(OCc2ccccc2)c(Br)c1)C(=O)N1CCN(c2ccccc2)CC1. The third-order valence-corrected chi connectivity index (χ3v) is 6.47. The molecule has 1 aliphatic heterocycles. The minimum absolute atomic E-state index is 0.0779. The molecular weight excluding hydrogens is 514 g/mol. The number of para-hydroxylation sites is 1. The summed E-state index contributed by atoms with van der Waals surface area (Å²) in [5, 5.41) is 10.1. The Balaban J connectivity index is 1.43. The van der Waals surface area contributed by atoms with Gasteiger partial charge in [0.25, 0.3) is 5.91 Å². The second kappa shape index (κ2) is 11.2. The topological polar surface area (TPSA) is 56.6 Å². The van der Waals surface area contributed by atoms with Crippen molar-refractivity contribution in [3.63, 3.8) is 0 Å². The summed E-state index contributed by atoms with van der Waals surface area (Å²) in [6.07, 6.45) is 1.57. The van der Waals surface area contributed by atoms with Gasteiger partial charge >= 0.3 is 0 Å². The monoisotopic (exact) mass is 535 g/mol. The quantitative estimate of drug-likeness (QED) is 0.289. The first-order valence-corrected chi connectivity index (χ1v) is 12.1. The number of hydrogen-bond donors (Lipinski definition) is 0. The molecule has 5 nitrogen and oxygen atoms in total. The zero-order valence-corrected chi connectivity index (χ0v) is 20.8.